The molecule has 0 heterocycles. The summed E-state index contributed by atoms with van der Waals surface area (Å²) in [6, 6.07) is 17.0. The summed E-state index contributed by atoms with van der Waals surface area (Å²) in [5, 5.41) is 3.26. The van der Waals surface area contributed by atoms with Gasteiger partial charge in [-0.25, -0.2) is 13.1 Å². The summed E-state index contributed by atoms with van der Waals surface area (Å²) in [7, 11) is 1.65. The number of guanidine groups is 1. The van der Waals surface area contributed by atoms with Crippen molar-refractivity contribution < 1.29 is 8.42 Å². The molecule has 0 unspecified atom stereocenters. The van der Waals surface area contributed by atoms with E-state index in [1.807, 2.05) is 36.2 Å². The van der Waals surface area contributed by atoms with E-state index in [0.29, 0.717) is 6.54 Å². The zero-order valence-corrected chi connectivity index (χ0v) is 18.3. The third-order valence-corrected chi connectivity index (χ3v) is 5.18. The maximum absolute atomic E-state index is 11.9. The fourth-order valence-corrected chi connectivity index (χ4v) is 3.24. The van der Waals surface area contributed by atoms with Gasteiger partial charge >= 0.3 is 0 Å². The van der Waals surface area contributed by atoms with E-state index in [1.165, 1.54) is 12.6 Å². The fraction of sp³-hybridized carbons (Fsp3) is 0.278. The Balaban J connectivity index is 0.00000338. The molecular weight excluding hydrogens is 463 g/mol. The highest BCUT2D eigenvalue weighted by molar-refractivity contribution is 14.0. The number of sulfonamides is 1. The summed E-state index contributed by atoms with van der Waals surface area (Å²) in [5.74, 6) is 0.741. The summed E-state index contributed by atoms with van der Waals surface area (Å²) in [6.07, 6.45) is 0. The third-order valence-electron chi connectivity index (χ3n) is 3.76. The summed E-state index contributed by atoms with van der Waals surface area (Å²) in [4.78, 5) is 6.56. The monoisotopic (exact) mass is 488 g/mol. The van der Waals surface area contributed by atoms with Crippen LogP contribution in [0.3, 0.4) is 0 Å². The number of rotatable bonds is 6. The van der Waals surface area contributed by atoms with Crippen molar-refractivity contribution in [2.75, 3.05) is 21.1 Å². The Morgan fingerprint density at radius 3 is 2.35 bits per heavy atom. The highest BCUT2D eigenvalue weighted by atomic mass is 127. The third kappa shape index (κ3) is 6.26. The molecular formula is C18H25IN4O2S. The average Bonchev–Trinajstić information content (AvgIpc) is 2.63. The van der Waals surface area contributed by atoms with Crippen LogP contribution in [0.2, 0.25) is 0 Å². The average molecular weight is 488 g/mol. The quantitative estimate of drug-likeness (QED) is 0.372. The number of hydrogen-bond donors (Lipinski definition) is 2. The van der Waals surface area contributed by atoms with E-state index < -0.39 is 10.0 Å². The van der Waals surface area contributed by atoms with Crippen molar-refractivity contribution in [2.24, 2.45) is 4.99 Å². The molecule has 142 valence electrons. The predicted molar refractivity (Wildman–Crippen MR) is 116 cm³/mol. The van der Waals surface area contributed by atoms with Gasteiger partial charge in [0.15, 0.2) is 5.96 Å². The Morgan fingerprint density at radius 2 is 1.73 bits per heavy atom. The second-order valence-electron chi connectivity index (χ2n) is 5.60. The van der Waals surface area contributed by atoms with E-state index in [4.69, 9.17) is 0 Å². The van der Waals surface area contributed by atoms with Gasteiger partial charge in [-0.05, 0) is 30.3 Å². The molecule has 0 saturated heterocycles. The van der Waals surface area contributed by atoms with E-state index in [9.17, 15) is 8.42 Å². The summed E-state index contributed by atoms with van der Waals surface area (Å²) >= 11 is 0. The van der Waals surface area contributed by atoms with Crippen LogP contribution in [0.4, 0.5) is 0 Å². The van der Waals surface area contributed by atoms with Gasteiger partial charge in [-0.15, -0.1) is 24.0 Å². The minimum atomic E-state index is -3.44. The topological polar surface area (TPSA) is 73.8 Å². The van der Waals surface area contributed by atoms with Crippen LogP contribution >= 0.6 is 24.0 Å². The van der Waals surface area contributed by atoms with Gasteiger partial charge < -0.3 is 10.2 Å². The molecule has 0 amide bonds. The SMILES string of the molecule is CN=C(NCc1cccc(S(=O)(=O)NC)c1)N(C)Cc1ccccc1.I. The largest absolute Gasteiger partial charge is 0.352 e. The first-order valence-electron chi connectivity index (χ1n) is 7.94. The Kier molecular flexibility index (Phi) is 9.03. The van der Waals surface area contributed by atoms with Crippen LogP contribution in [0.15, 0.2) is 64.5 Å². The van der Waals surface area contributed by atoms with Crippen molar-refractivity contribution in [2.45, 2.75) is 18.0 Å². The molecule has 26 heavy (non-hydrogen) atoms. The smallest absolute Gasteiger partial charge is 0.240 e. The first-order chi connectivity index (χ1) is 12.0. The second kappa shape index (κ2) is 10.5. The molecule has 2 N–H and O–H groups in total. The van der Waals surface area contributed by atoms with E-state index in [0.717, 1.165) is 18.1 Å². The molecule has 2 aromatic carbocycles. The Morgan fingerprint density at radius 1 is 1.08 bits per heavy atom. The molecule has 0 aliphatic carbocycles. The molecule has 0 bridgehead atoms. The van der Waals surface area contributed by atoms with Crippen LogP contribution in [0.25, 0.3) is 0 Å². The number of nitrogens with one attached hydrogen (secondary N) is 2. The Bertz CT molecular complexity index is 826. The molecule has 0 fully saturated rings. The van der Waals surface area contributed by atoms with E-state index in [1.54, 1.807) is 25.2 Å². The van der Waals surface area contributed by atoms with Gasteiger partial charge in [-0.3, -0.25) is 4.99 Å². The molecule has 2 rings (SSSR count). The van der Waals surface area contributed by atoms with Gasteiger partial charge in [0.1, 0.15) is 0 Å². The van der Waals surface area contributed by atoms with Crippen LogP contribution in [0, 0.1) is 0 Å². The Hall–Kier alpha value is -1.65. The molecule has 0 aromatic heterocycles. The van der Waals surface area contributed by atoms with Gasteiger partial charge in [0.05, 0.1) is 4.90 Å². The van der Waals surface area contributed by atoms with E-state index in [-0.39, 0.29) is 28.9 Å². The molecule has 6 nitrogen and oxygen atoms in total. The number of aliphatic imine (C=N–C) groups is 1. The maximum Gasteiger partial charge on any atom is 0.240 e. The highest BCUT2D eigenvalue weighted by Gasteiger charge is 2.12. The second-order valence-corrected chi connectivity index (χ2v) is 7.48. The zero-order valence-electron chi connectivity index (χ0n) is 15.1. The zero-order chi connectivity index (χ0) is 18.3. The molecule has 2 aromatic rings. The van der Waals surface area contributed by atoms with Crippen molar-refractivity contribution in [3.63, 3.8) is 0 Å². The van der Waals surface area contributed by atoms with Crippen molar-refractivity contribution in [3.8, 4) is 0 Å². The molecule has 0 radical (unpaired) electrons. The van der Waals surface area contributed by atoms with Crippen LogP contribution < -0.4 is 10.0 Å². The normalized spacial score (nSPS) is 11.6. The van der Waals surface area contributed by atoms with E-state index in [2.05, 4.69) is 27.2 Å². The van der Waals surface area contributed by atoms with Crippen LogP contribution in [-0.2, 0) is 23.1 Å². The molecule has 0 aliphatic rings. The fourth-order valence-electron chi connectivity index (χ4n) is 2.44. The molecule has 0 atom stereocenters. The lowest BCUT2D eigenvalue weighted by Crippen LogP contribution is -2.38. The summed E-state index contributed by atoms with van der Waals surface area (Å²) < 4.78 is 26.1. The van der Waals surface area contributed by atoms with Gasteiger partial charge in [0, 0.05) is 27.2 Å². The van der Waals surface area contributed by atoms with Gasteiger partial charge in [0.2, 0.25) is 10.0 Å². The molecule has 0 aliphatic heterocycles. The summed E-state index contributed by atoms with van der Waals surface area (Å²) in [6.45, 7) is 1.22. The number of hydrogen-bond acceptors (Lipinski definition) is 3. The number of nitrogens with zero attached hydrogens (tertiary/aromatic N) is 2. The van der Waals surface area contributed by atoms with Crippen molar-refractivity contribution in [3.05, 3.63) is 65.7 Å². The highest BCUT2D eigenvalue weighted by Crippen LogP contribution is 2.11. The van der Waals surface area contributed by atoms with E-state index >= 15 is 0 Å². The molecule has 0 saturated carbocycles. The maximum atomic E-state index is 11.9. The lowest BCUT2D eigenvalue weighted by molar-refractivity contribution is 0.476. The van der Waals surface area contributed by atoms with Gasteiger partial charge in [-0.2, -0.15) is 0 Å². The minimum Gasteiger partial charge on any atom is -0.352 e. The minimum absolute atomic E-state index is 0. The predicted octanol–water partition coefficient (Wildman–Crippen LogP) is 2.42. The van der Waals surface area contributed by atoms with Gasteiger partial charge in [0.25, 0.3) is 0 Å². The van der Waals surface area contributed by atoms with Crippen LogP contribution in [0.1, 0.15) is 11.1 Å². The first-order valence-corrected chi connectivity index (χ1v) is 9.43. The van der Waals surface area contributed by atoms with Crippen LogP contribution in [-0.4, -0.2) is 40.4 Å². The number of halogens is 1. The van der Waals surface area contributed by atoms with Gasteiger partial charge in [-0.1, -0.05) is 42.5 Å². The molecule has 8 heteroatoms. The summed E-state index contributed by atoms with van der Waals surface area (Å²) in [5.41, 5.74) is 2.06. The molecule has 0 spiro atoms. The van der Waals surface area contributed by atoms with Crippen molar-refractivity contribution in [1.29, 1.82) is 0 Å². The first kappa shape index (κ1) is 22.4. The van der Waals surface area contributed by atoms with Crippen LogP contribution in [0.5, 0.6) is 0 Å². The van der Waals surface area contributed by atoms with Crippen molar-refractivity contribution in [1.82, 2.24) is 14.9 Å². The lowest BCUT2D eigenvalue weighted by Gasteiger charge is -2.22. The standard InChI is InChI=1S/C18H24N4O2S.HI/c1-19-18(22(3)14-15-8-5-4-6-9-15)21-13-16-10-7-11-17(12-16)25(23,24)20-2;/h4-12,20H,13-14H2,1-3H3,(H,19,21);1H. The number of benzene rings is 2. The Labute approximate surface area is 172 Å². The lowest BCUT2D eigenvalue weighted by atomic mass is 10.2. The van der Waals surface area contributed by atoms with Crippen molar-refractivity contribution >= 4 is 40.0 Å².